The fourth-order valence-corrected chi connectivity index (χ4v) is 5.18. The van der Waals surface area contributed by atoms with Crippen LogP contribution in [-0.2, 0) is 19.0 Å². The fraction of sp³-hybridized carbons (Fsp3) is 0.407. The highest BCUT2D eigenvalue weighted by Gasteiger charge is 2.37. The molecule has 1 aliphatic heterocycles. The summed E-state index contributed by atoms with van der Waals surface area (Å²) in [7, 11) is 0. The van der Waals surface area contributed by atoms with E-state index in [9.17, 15) is 18.0 Å². The number of nitrogens with one attached hydrogen (secondary N) is 2. The summed E-state index contributed by atoms with van der Waals surface area (Å²) < 4.78 is 51.2. The van der Waals surface area contributed by atoms with Gasteiger partial charge in [0.25, 0.3) is 0 Å². The second kappa shape index (κ2) is 9.52. The number of rotatable bonds is 3. The standard InChI is InChI=1S/C27H28F3N3O3/c1-2-17-14-24(32-33-25(34)31-20-8-6-7-19(15-20)27(28,29)30)35-23-16-22-18(13-21(17)23)9-12-26(36-22)10-4-3-5-11-26/h6-8,13-16H,2-5,9-12H2,1H3,(H2,31,33,34). The number of carbonyl (C=O) groups excluding carboxylic acids is 1. The van der Waals surface area contributed by atoms with Crippen molar-refractivity contribution in [2.45, 2.75) is 70.1 Å². The average molecular weight is 500 g/mol. The molecule has 3 aromatic rings. The molecule has 1 spiro atoms. The second-order valence-corrected chi connectivity index (χ2v) is 9.52. The van der Waals surface area contributed by atoms with Crippen LogP contribution in [0.2, 0.25) is 0 Å². The van der Waals surface area contributed by atoms with Crippen molar-refractivity contribution in [2.24, 2.45) is 5.10 Å². The smallest absolute Gasteiger partial charge is 0.416 e. The van der Waals surface area contributed by atoms with Gasteiger partial charge >= 0.3 is 12.2 Å². The maximum Gasteiger partial charge on any atom is 0.416 e. The van der Waals surface area contributed by atoms with Crippen molar-refractivity contribution in [3.05, 3.63) is 64.7 Å². The monoisotopic (exact) mass is 499 g/mol. The van der Waals surface area contributed by atoms with Gasteiger partial charge in [0.05, 0.1) is 5.56 Å². The number of hydrogen-bond acceptors (Lipinski definition) is 4. The van der Waals surface area contributed by atoms with E-state index in [0.29, 0.717) is 5.58 Å². The average Bonchev–Trinajstić information content (AvgIpc) is 2.86. The van der Waals surface area contributed by atoms with E-state index in [1.807, 2.05) is 13.0 Å². The van der Waals surface area contributed by atoms with Gasteiger partial charge < -0.3 is 14.5 Å². The third-order valence-corrected chi connectivity index (χ3v) is 7.06. The summed E-state index contributed by atoms with van der Waals surface area (Å²) in [4.78, 5) is 12.3. The molecule has 2 aliphatic rings. The summed E-state index contributed by atoms with van der Waals surface area (Å²) in [6.07, 6.45) is 4.00. The number of carbonyl (C=O) groups is 1. The number of hydrogen-bond donors (Lipinski definition) is 2. The van der Waals surface area contributed by atoms with Crippen molar-refractivity contribution in [2.75, 3.05) is 5.32 Å². The Bertz CT molecular complexity index is 1360. The molecule has 36 heavy (non-hydrogen) atoms. The number of aryl methyl sites for hydroxylation is 2. The van der Waals surface area contributed by atoms with Gasteiger partial charge in [-0.25, -0.2) is 10.2 Å². The van der Waals surface area contributed by atoms with Crippen LogP contribution in [0.3, 0.4) is 0 Å². The highest BCUT2D eigenvalue weighted by Crippen LogP contribution is 2.43. The molecule has 0 unspecified atom stereocenters. The number of urea groups is 1. The van der Waals surface area contributed by atoms with Crippen molar-refractivity contribution < 1.29 is 27.1 Å². The Balaban J connectivity index is 1.39. The number of anilines is 1. The van der Waals surface area contributed by atoms with Crippen molar-refractivity contribution in [3.63, 3.8) is 0 Å². The first-order valence-corrected chi connectivity index (χ1v) is 12.3. The first-order valence-electron chi connectivity index (χ1n) is 12.3. The summed E-state index contributed by atoms with van der Waals surface area (Å²) in [5.41, 5.74) is 4.34. The molecule has 1 saturated carbocycles. The van der Waals surface area contributed by atoms with Crippen LogP contribution >= 0.6 is 0 Å². The van der Waals surface area contributed by atoms with E-state index in [2.05, 4.69) is 21.9 Å². The highest BCUT2D eigenvalue weighted by atomic mass is 19.4. The van der Waals surface area contributed by atoms with E-state index in [1.54, 1.807) is 6.07 Å². The highest BCUT2D eigenvalue weighted by molar-refractivity contribution is 5.89. The maximum atomic E-state index is 12.9. The van der Waals surface area contributed by atoms with Crippen LogP contribution in [0.4, 0.5) is 23.7 Å². The van der Waals surface area contributed by atoms with Crippen molar-refractivity contribution >= 4 is 22.7 Å². The Morgan fingerprint density at radius 3 is 2.64 bits per heavy atom. The van der Waals surface area contributed by atoms with Crippen molar-refractivity contribution in [1.29, 1.82) is 0 Å². The lowest BCUT2D eigenvalue weighted by Gasteiger charge is -2.41. The number of nitrogens with zero attached hydrogens (tertiary/aromatic N) is 1. The van der Waals surface area contributed by atoms with Crippen LogP contribution in [-0.4, -0.2) is 11.6 Å². The normalized spacial score (nSPS) is 17.5. The summed E-state index contributed by atoms with van der Waals surface area (Å²) in [6, 6.07) is 9.40. The number of halogens is 3. The number of amides is 2. The molecule has 0 atom stereocenters. The summed E-state index contributed by atoms with van der Waals surface area (Å²) in [6.45, 7) is 2.03. The van der Waals surface area contributed by atoms with E-state index in [1.165, 1.54) is 37.0 Å². The minimum Gasteiger partial charge on any atom is -0.487 e. The minimum absolute atomic E-state index is 0.00245. The molecule has 190 valence electrons. The molecule has 9 heteroatoms. The molecule has 1 aliphatic carbocycles. The lowest BCUT2D eigenvalue weighted by atomic mass is 9.79. The summed E-state index contributed by atoms with van der Waals surface area (Å²) in [5, 5.41) is 7.37. The Labute approximate surface area is 206 Å². The first-order chi connectivity index (χ1) is 17.2. The predicted molar refractivity (Wildman–Crippen MR) is 130 cm³/mol. The molecule has 0 radical (unpaired) electrons. The first kappa shape index (κ1) is 24.2. The zero-order valence-electron chi connectivity index (χ0n) is 20.0. The number of alkyl halides is 3. The molecule has 2 amide bonds. The van der Waals surface area contributed by atoms with Crippen molar-refractivity contribution in [3.8, 4) is 5.75 Å². The molecule has 0 bridgehead atoms. The molecule has 5 rings (SSSR count). The molecule has 2 aromatic carbocycles. The number of benzene rings is 2. The van der Waals surface area contributed by atoms with Gasteiger partial charge in [-0.15, -0.1) is 5.10 Å². The quantitative estimate of drug-likeness (QED) is 0.395. The minimum atomic E-state index is -4.50. The molecular weight excluding hydrogens is 471 g/mol. The molecule has 2 N–H and O–H groups in total. The van der Waals surface area contributed by atoms with Crippen LogP contribution in [0.5, 0.6) is 5.75 Å². The van der Waals surface area contributed by atoms with Gasteiger partial charge in [-0.3, -0.25) is 0 Å². The molecule has 1 fully saturated rings. The van der Waals surface area contributed by atoms with Crippen molar-refractivity contribution in [1.82, 2.24) is 5.43 Å². The SMILES string of the molecule is CCc1cc(=NNC(=O)Nc2cccc(C(F)(F)F)c2)oc2cc3c(cc12)CCC1(CCCCC1)O3. The lowest BCUT2D eigenvalue weighted by Crippen LogP contribution is -2.41. The zero-order valence-corrected chi connectivity index (χ0v) is 20.0. The van der Waals surface area contributed by atoms with Crippen LogP contribution in [0.15, 0.2) is 52.0 Å². The van der Waals surface area contributed by atoms with E-state index in [4.69, 9.17) is 9.15 Å². The Hall–Kier alpha value is -3.49. The van der Waals surface area contributed by atoms with Gasteiger partial charge in [-0.1, -0.05) is 19.4 Å². The summed E-state index contributed by atoms with van der Waals surface area (Å²) >= 11 is 0. The molecule has 1 aromatic heterocycles. The van der Waals surface area contributed by atoms with Gasteiger partial charge in [-0.05, 0) is 80.3 Å². The Morgan fingerprint density at radius 1 is 1.08 bits per heavy atom. The molecule has 0 saturated heterocycles. The fourth-order valence-electron chi connectivity index (χ4n) is 5.18. The van der Waals surface area contributed by atoms with Gasteiger partial charge in [-0.2, -0.15) is 13.2 Å². The van der Waals surface area contributed by atoms with Crippen LogP contribution in [0, 0.1) is 0 Å². The van der Waals surface area contributed by atoms with E-state index in [0.717, 1.165) is 60.9 Å². The largest absolute Gasteiger partial charge is 0.487 e. The Morgan fingerprint density at radius 2 is 1.89 bits per heavy atom. The van der Waals surface area contributed by atoms with Crippen LogP contribution in [0.1, 0.15) is 62.1 Å². The van der Waals surface area contributed by atoms with Gasteiger partial charge in [0.2, 0.25) is 5.55 Å². The number of ether oxygens (including phenoxy) is 1. The number of fused-ring (bicyclic) bond motifs is 2. The second-order valence-electron chi connectivity index (χ2n) is 9.52. The molecule has 6 nitrogen and oxygen atoms in total. The maximum absolute atomic E-state index is 12.9. The van der Waals surface area contributed by atoms with Gasteiger partial charge in [0.15, 0.2) is 0 Å². The van der Waals surface area contributed by atoms with Crippen LogP contribution < -0.4 is 21.0 Å². The van der Waals surface area contributed by atoms with E-state index in [-0.39, 0.29) is 16.8 Å². The third kappa shape index (κ3) is 5.05. The Kier molecular flexibility index (Phi) is 6.40. The summed E-state index contributed by atoms with van der Waals surface area (Å²) in [5.74, 6) is 0.842. The predicted octanol–water partition coefficient (Wildman–Crippen LogP) is 6.68. The van der Waals surface area contributed by atoms with Gasteiger partial charge in [0, 0.05) is 23.2 Å². The molecular formula is C27H28F3N3O3. The van der Waals surface area contributed by atoms with E-state index >= 15 is 0 Å². The van der Waals surface area contributed by atoms with E-state index < -0.39 is 17.8 Å². The molecule has 2 heterocycles. The van der Waals surface area contributed by atoms with Gasteiger partial charge in [0.1, 0.15) is 16.9 Å². The third-order valence-electron chi connectivity index (χ3n) is 7.06. The van der Waals surface area contributed by atoms with Crippen LogP contribution in [0.25, 0.3) is 11.0 Å². The zero-order chi connectivity index (χ0) is 25.3. The topological polar surface area (TPSA) is 75.9 Å². The lowest BCUT2D eigenvalue weighted by molar-refractivity contribution is -0.137.